The highest BCUT2D eigenvalue weighted by Gasteiger charge is 2.10. The van der Waals surface area contributed by atoms with Gasteiger partial charge in [-0.25, -0.2) is 0 Å². The van der Waals surface area contributed by atoms with Crippen molar-refractivity contribution in [3.05, 3.63) is 40.6 Å². The summed E-state index contributed by atoms with van der Waals surface area (Å²) in [6.45, 7) is 3.64. The normalized spacial score (nSPS) is 10.4. The molecule has 0 aliphatic heterocycles. The Bertz CT molecular complexity index is 511. The Balaban J connectivity index is 2.14. The Kier molecular flexibility index (Phi) is 4.68. The predicted molar refractivity (Wildman–Crippen MR) is 83.1 cm³/mol. The minimum Gasteiger partial charge on any atom is -0.491 e. The van der Waals surface area contributed by atoms with E-state index in [1.807, 2.05) is 18.2 Å². The van der Waals surface area contributed by atoms with Gasteiger partial charge in [-0.05, 0) is 30.0 Å². The van der Waals surface area contributed by atoms with Crippen molar-refractivity contribution in [1.82, 2.24) is 0 Å². The van der Waals surface area contributed by atoms with E-state index in [0.717, 1.165) is 30.1 Å². The van der Waals surface area contributed by atoms with Crippen molar-refractivity contribution in [1.29, 1.82) is 0 Å². The van der Waals surface area contributed by atoms with Crippen LogP contribution >= 0.6 is 11.3 Å². The number of ether oxygens (including phenoxy) is 1. The first-order valence-corrected chi connectivity index (χ1v) is 7.35. The molecule has 0 aliphatic carbocycles. The molecule has 0 saturated heterocycles. The summed E-state index contributed by atoms with van der Waals surface area (Å²) < 4.78 is 5.66. The number of hydrogen-bond donors (Lipinski definition) is 1. The van der Waals surface area contributed by atoms with Crippen LogP contribution in [0.2, 0.25) is 0 Å². The number of nitrogens with two attached hydrogens (primary N) is 1. The molecule has 0 atom stereocenters. The molecule has 1 aromatic carbocycles. The third-order valence-electron chi connectivity index (χ3n) is 2.89. The SMILES string of the molecule is CCCOc1cccc(N(C)Cc2cccs2)c1N. The van der Waals surface area contributed by atoms with Crippen molar-refractivity contribution in [2.75, 3.05) is 24.3 Å². The zero-order chi connectivity index (χ0) is 13.7. The summed E-state index contributed by atoms with van der Waals surface area (Å²) in [6.07, 6.45) is 0.981. The lowest BCUT2D eigenvalue weighted by Gasteiger charge is -2.22. The number of nitrogens with zero attached hydrogens (tertiary/aromatic N) is 1. The Morgan fingerprint density at radius 3 is 2.79 bits per heavy atom. The van der Waals surface area contributed by atoms with Crippen LogP contribution in [0, 0.1) is 0 Å². The molecule has 102 valence electrons. The van der Waals surface area contributed by atoms with Crippen LogP contribution in [0.4, 0.5) is 11.4 Å². The van der Waals surface area contributed by atoms with Gasteiger partial charge in [-0.15, -0.1) is 11.3 Å². The molecule has 3 nitrogen and oxygen atoms in total. The van der Waals surface area contributed by atoms with E-state index in [9.17, 15) is 0 Å². The second-order valence-corrected chi connectivity index (χ2v) is 5.51. The van der Waals surface area contributed by atoms with Crippen LogP contribution in [-0.2, 0) is 6.54 Å². The van der Waals surface area contributed by atoms with Gasteiger partial charge in [0.15, 0.2) is 0 Å². The Morgan fingerprint density at radius 2 is 2.11 bits per heavy atom. The first-order valence-electron chi connectivity index (χ1n) is 6.47. The predicted octanol–water partition coefficient (Wildman–Crippen LogP) is 3.76. The van der Waals surface area contributed by atoms with Crippen molar-refractivity contribution in [2.45, 2.75) is 19.9 Å². The molecule has 2 rings (SSSR count). The molecule has 2 N–H and O–H groups in total. The lowest BCUT2D eigenvalue weighted by atomic mass is 10.2. The third kappa shape index (κ3) is 3.41. The van der Waals surface area contributed by atoms with E-state index in [-0.39, 0.29) is 0 Å². The first-order chi connectivity index (χ1) is 9.22. The molecule has 1 heterocycles. The molecule has 0 aliphatic rings. The Hall–Kier alpha value is -1.68. The van der Waals surface area contributed by atoms with Gasteiger partial charge < -0.3 is 15.4 Å². The summed E-state index contributed by atoms with van der Waals surface area (Å²) in [4.78, 5) is 3.47. The van der Waals surface area contributed by atoms with Crippen LogP contribution < -0.4 is 15.4 Å². The van der Waals surface area contributed by atoms with Gasteiger partial charge in [0.2, 0.25) is 0 Å². The molecule has 0 amide bonds. The van der Waals surface area contributed by atoms with Gasteiger partial charge in [0.1, 0.15) is 5.75 Å². The van der Waals surface area contributed by atoms with Crippen molar-refractivity contribution < 1.29 is 4.74 Å². The second-order valence-electron chi connectivity index (χ2n) is 4.47. The fourth-order valence-electron chi connectivity index (χ4n) is 1.92. The maximum Gasteiger partial charge on any atom is 0.144 e. The zero-order valence-corrected chi connectivity index (χ0v) is 12.2. The lowest BCUT2D eigenvalue weighted by Crippen LogP contribution is -2.17. The average Bonchev–Trinajstić information content (AvgIpc) is 2.90. The maximum absolute atomic E-state index is 6.19. The van der Waals surface area contributed by atoms with E-state index < -0.39 is 0 Å². The number of para-hydroxylation sites is 1. The van der Waals surface area contributed by atoms with Crippen LogP contribution in [-0.4, -0.2) is 13.7 Å². The average molecular weight is 276 g/mol. The minimum atomic E-state index is 0.697. The fourth-order valence-corrected chi connectivity index (χ4v) is 2.68. The van der Waals surface area contributed by atoms with Gasteiger partial charge in [-0.2, -0.15) is 0 Å². The van der Waals surface area contributed by atoms with Crippen LogP contribution in [0.5, 0.6) is 5.75 Å². The summed E-state index contributed by atoms with van der Waals surface area (Å²) in [6, 6.07) is 10.1. The highest BCUT2D eigenvalue weighted by molar-refractivity contribution is 7.09. The standard InChI is InChI=1S/C15H20N2OS/c1-3-9-18-14-8-4-7-13(15(14)16)17(2)11-12-6-5-10-19-12/h4-8,10H,3,9,11,16H2,1-2H3. The van der Waals surface area contributed by atoms with E-state index in [1.165, 1.54) is 4.88 Å². The maximum atomic E-state index is 6.19. The van der Waals surface area contributed by atoms with Crippen molar-refractivity contribution in [2.24, 2.45) is 0 Å². The highest BCUT2D eigenvalue weighted by atomic mass is 32.1. The summed E-state index contributed by atoms with van der Waals surface area (Å²) >= 11 is 1.76. The number of nitrogen functional groups attached to an aromatic ring is 1. The van der Waals surface area contributed by atoms with Crippen LogP contribution in [0.15, 0.2) is 35.7 Å². The summed E-state index contributed by atoms with van der Waals surface area (Å²) in [5, 5.41) is 2.09. The Morgan fingerprint density at radius 1 is 1.26 bits per heavy atom. The second kappa shape index (κ2) is 6.48. The van der Waals surface area contributed by atoms with E-state index in [0.29, 0.717) is 6.61 Å². The van der Waals surface area contributed by atoms with Crippen molar-refractivity contribution >= 4 is 22.7 Å². The fraction of sp³-hybridized carbons (Fsp3) is 0.333. The zero-order valence-electron chi connectivity index (χ0n) is 11.4. The molecule has 0 bridgehead atoms. The molecule has 0 fully saturated rings. The van der Waals surface area contributed by atoms with E-state index >= 15 is 0 Å². The molecule has 0 radical (unpaired) electrons. The molecular weight excluding hydrogens is 256 g/mol. The monoisotopic (exact) mass is 276 g/mol. The van der Waals surface area contributed by atoms with Crippen molar-refractivity contribution in [3.8, 4) is 5.75 Å². The number of benzene rings is 1. The smallest absolute Gasteiger partial charge is 0.144 e. The Labute approximate surface area is 118 Å². The van der Waals surface area contributed by atoms with Gasteiger partial charge >= 0.3 is 0 Å². The number of hydrogen-bond acceptors (Lipinski definition) is 4. The molecule has 2 aromatic rings. The number of rotatable bonds is 6. The van der Waals surface area contributed by atoms with Crippen LogP contribution in [0.25, 0.3) is 0 Å². The van der Waals surface area contributed by atoms with Crippen LogP contribution in [0.1, 0.15) is 18.2 Å². The summed E-state index contributed by atoms with van der Waals surface area (Å²) in [5.74, 6) is 0.775. The van der Waals surface area contributed by atoms with Gasteiger partial charge in [0.25, 0.3) is 0 Å². The molecular formula is C15H20N2OS. The topological polar surface area (TPSA) is 38.5 Å². The van der Waals surface area contributed by atoms with Gasteiger partial charge in [-0.1, -0.05) is 19.1 Å². The van der Waals surface area contributed by atoms with E-state index in [2.05, 4.69) is 36.4 Å². The first kappa shape index (κ1) is 13.7. The number of anilines is 2. The van der Waals surface area contributed by atoms with Crippen molar-refractivity contribution in [3.63, 3.8) is 0 Å². The summed E-state index contributed by atoms with van der Waals surface area (Å²) in [5.41, 5.74) is 7.92. The van der Waals surface area contributed by atoms with E-state index in [1.54, 1.807) is 11.3 Å². The molecule has 19 heavy (non-hydrogen) atoms. The quantitative estimate of drug-likeness (QED) is 0.817. The summed E-state index contributed by atoms with van der Waals surface area (Å²) in [7, 11) is 2.05. The molecule has 0 saturated carbocycles. The largest absolute Gasteiger partial charge is 0.491 e. The molecule has 4 heteroatoms. The molecule has 0 unspecified atom stereocenters. The van der Waals surface area contributed by atoms with Gasteiger partial charge in [0, 0.05) is 11.9 Å². The van der Waals surface area contributed by atoms with E-state index in [4.69, 9.17) is 10.5 Å². The highest BCUT2D eigenvalue weighted by Crippen LogP contribution is 2.32. The van der Waals surface area contributed by atoms with Gasteiger partial charge in [-0.3, -0.25) is 0 Å². The van der Waals surface area contributed by atoms with Gasteiger partial charge in [0.05, 0.1) is 24.5 Å². The van der Waals surface area contributed by atoms with Crippen LogP contribution in [0.3, 0.4) is 0 Å². The number of thiophene rings is 1. The lowest BCUT2D eigenvalue weighted by molar-refractivity contribution is 0.319. The molecule has 1 aromatic heterocycles. The third-order valence-corrected chi connectivity index (χ3v) is 3.75. The minimum absolute atomic E-state index is 0.697. The molecule has 0 spiro atoms.